The van der Waals surface area contributed by atoms with Gasteiger partial charge < -0.3 is 4.90 Å². The second-order valence-corrected chi connectivity index (χ2v) is 11.6. The van der Waals surface area contributed by atoms with Gasteiger partial charge >= 0.3 is 0 Å². The van der Waals surface area contributed by atoms with Crippen molar-refractivity contribution in [2.45, 2.75) is 0 Å². The predicted octanol–water partition coefficient (Wildman–Crippen LogP) is 12.4. The Balaban J connectivity index is 1.15. The van der Waals surface area contributed by atoms with Gasteiger partial charge in [-0.25, -0.2) is 4.98 Å². The molecule has 8 rings (SSSR count). The number of benzene rings is 7. The molecule has 0 bridgehead atoms. The molecule has 8 aromatic rings. The number of fused-ring (bicyclic) bond motifs is 1. The van der Waals surface area contributed by atoms with Gasteiger partial charge in [-0.1, -0.05) is 146 Å². The summed E-state index contributed by atoms with van der Waals surface area (Å²) in [7, 11) is 0. The predicted molar refractivity (Wildman–Crippen MR) is 198 cm³/mol. The minimum Gasteiger partial charge on any atom is -0.311 e. The van der Waals surface area contributed by atoms with E-state index in [0.717, 1.165) is 39.2 Å². The van der Waals surface area contributed by atoms with E-state index in [1.54, 1.807) is 0 Å². The van der Waals surface area contributed by atoms with Crippen LogP contribution in [0.25, 0.3) is 55.5 Å². The molecule has 0 N–H and O–H groups in total. The van der Waals surface area contributed by atoms with Crippen molar-refractivity contribution in [1.82, 2.24) is 4.98 Å². The highest BCUT2D eigenvalue weighted by atomic mass is 15.1. The first-order valence-electron chi connectivity index (χ1n) is 16.0. The lowest BCUT2D eigenvalue weighted by molar-refractivity contribution is 1.28. The Morgan fingerprint density at radius 2 is 0.723 bits per heavy atom. The summed E-state index contributed by atoms with van der Waals surface area (Å²) in [5.74, 6) is 0. The summed E-state index contributed by atoms with van der Waals surface area (Å²) in [4.78, 5) is 7.41. The second-order valence-electron chi connectivity index (χ2n) is 11.6. The smallest absolute Gasteiger partial charge is 0.0715 e. The summed E-state index contributed by atoms with van der Waals surface area (Å²) < 4.78 is 0. The third kappa shape index (κ3) is 5.81. The minimum atomic E-state index is 0.955. The zero-order chi connectivity index (χ0) is 31.4. The maximum absolute atomic E-state index is 5.11. The van der Waals surface area contributed by atoms with Crippen molar-refractivity contribution in [3.05, 3.63) is 194 Å². The standard InChI is InChI=1S/C45H32N2/c1-4-12-33(13-5-1)35-20-22-37(23-21-35)43-32-45(46-44-19-11-10-18-42(43)44)38-26-30-41(31-27-38)47(39-16-8-3-9-17-39)40-28-24-36(25-29-40)34-14-6-2-7-15-34/h1-32H. The van der Waals surface area contributed by atoms with E-state index in [1.807, 2.05) is 0 Å². The molecule has 0 saturated heterocycles. The zero-order valence-corrected chi connectivity index (χ0v) is 25.9. The number of anilines is 3. The van der Waals surface area contributed by atoms with Crippen molar-refractivity contribution in [1.29, 1.82) is 0 Å². The quantitative estimate of drug-likeness (QED) is 0.181. The number of hydrogen-bond donors (Lipinski definition) is 0. The van der Waals surface area contributed by atoms with Gasteiger partial charge in [0.2, 0.25) is 0 Å². The molecular formula is C45H32N2. The molecule has 2 nitrogen and oxygen atoms in total. The van der Waals surface area contributed by atoms with Crippen molar-refractivity contribution < 1.29 is 0 Å². The number of nitrogens with zero attached hydrogens (tertiary/aromatic N) is 2. The second kappa shape index (κ2) is 12.6. The monoisotopic (exact) mass is 600 g/mol. The summed E-state index contributed by atoms with van der Waals surface area (Å²) in [6.07, 6.45) is 0. The maximum Gasteiger partial charge on any atom is 0.0715 e. The molecule has 0 aliphatic carbocycles. The van der Waals surface area contributed by atoms with Gasteiger partial charge in [0.1, 0.15) is 0 Å². The fraction of sp³-hybridized carbons (Fsp3) is 0. The van der Waals surface area contributed by atoms with E-state index in [2.05, 4.69) is 199 Å². The lowest BCUT2D eigenvalue weighted by Crippen LogP contribution is -2.09. The number of para-hydroxylation sites is 2. The molecule has 0 amide bonds. The molecule has 0 atom stereocenters. The molecule has 2 heteroatoms. The average Bonchev–Trinajstić information content (AvgIpc) is 3.16. The van der Waals surface area contributed by atoms with Crippen LogP contribution in [0.3, 0.4) is 0 Å². The van der Waals surface area contributed by atoms with Crippen LogP contribution in [0.5, 0.6) is 0 Å². The Hall–Kier alpha value is -6.25. The lowest BCUT2D eigenvalue weighted by atomic mass is 9.96. The van der Waals surface area contributed by atoms with E-state index in [4.69, 9.17) is 4.98 Å². The summed E-state index contributed by atoms with van der Waals surface area (Å²) >= 11 is 0. The molecule has 0 fully saturated rings. The molecule has 0 unspecified atom stereocenters. The number of pyridine rings is 1. The minimum absolute atomic E-state index is 0.955. The van der Waals surface area contributed by atoms with Crippen LogP contribution in [0, 0.1) is 0 Å². The van der Waals surface area contributed by atoms with Crippen LogP contribution in [-0.4, -0.2) is 4.98 Å². The number of aromatic nitrogens is 1. The van der Waals surface area contributed by atoms with Crippen LogP contribution >= 0.6 is 0 Å². The fourth-order valence-corrected chi connectivity index (χ4v) is 6.27. The van der Waals surface area contributed by atoms with E-state index in [-0.39, 0.29) is 0 Å². The van der Waals surface area contributed by atoms with Crippen LogP contribution < -0.4 is 4.90 Å². The van der Waals surface area contributed by atoms with E-state index < -0.39 is 0 Å². The molecule has 1 aromatic heterocycles. The number of hydrogen-bond acceptors (Lipinski definition) is 2. The Morgan fingerprint density at radius 3 is 1.30 bits per heavy atom. The first-order chi connectivity index (χ1) is 23.3. The highest BCUT2D eigenvalue weighted by Gasteiger charge is 2.14. The third-order valence-corrected chi connectivity index (χ3v) is 8.69. The number of rotatable bonds is 7. The van der Waals surface area contributed by atoms with Gasteiger partial charge in [0.25, 0.3) is 0 Å². The molecule has 7 aromatic carbocycles. The van der Waals surface area contributed by atoms with Crippen LogP contribution in [-0.2, 0) is 0 Å². The molecule has 222 valence electrons. The van der Waals surface area contributed by atoms with Crippen LogP contribution in [0.1, 0.15) is 0 Å². The molecule has 0 spiro atoms. The van der Waals surface area contributed by atoms with Crippen molar-refractivity contribution in [3.8, 4) is 44.6 Å². The highest BCUT2D eigenvalue weighted by molar-refractivity contribution is 5.97. The van der Waals surface area contributed by atoms with Crippen molar-refractivity contribution in [3.63, 3.8) is 0 Å². The summed E-state index contributed by atoms with van der Waals surface area (Å²) in [6.45, 7) is 0. The Kier molecular flexibility index (Phi) is 7.59. The first kappa shape index (κ1) is 28.2. The van der Waals surface area contributed by atoms with E-state index in [1.165, 1.54) is 33.4 Å². The van der Waals surface area contributed by atoms with Crippen LogP contribution in [0.2, 0.25) is 0 Å². The molecule has 0 saturated carbocycles. The van der Waals surface area contributed by atoms with Gasteiger partial charge in [0.15, 0.2) is 0 Å². The van der Waals surface area contributed by atoms with Crippen molar-refractivity contribution in [2.24, 2.45) is 0 Å². The molecule has 47 heavy (non-hydrogen) atoms. The Bertz CT molecular complexity index is 2240. The van der Waals surface area contributed by atoms with Gasteiger partial charge in [0.05, 0.1) is 11.2 Å². The molecule has 0 radical (unpaired) electrons. The van der Waals surface area contributed by atoms with Gasteiger partial charge in [-0.3, -0.25) is 0 Å². The van der Waals surface area contributed by atoms with Crippen molar-refractivity contribution in [2.75, 3.05) is 4.90 Å². The Labute approximate surface area is 275 Å². The molecule has 0 aliphatic heterocycles. The fourth-order valence-electron chi connectivity index (χ4n) is 6.27. The van der Waals surface area contributed by atoms with E-state index >= 15 is 0 Å². The molecular weight excluding hydrogens is 569 g/mol. The van der Waals surface area contributed by atoms with Gasteiger partial charge in [-0.05, 0) is 81.9 Å². The van der Waals surface area contributed by atoms with Gasteiger partial charge in [-0.15, -0.1) is 0 Å². The van der Waals surface area contributed by atoms with Crippen LogP contribution in [0.15, 0.2) is 194 Å². The largest absolute Gasteiger partial charge is 0.311 e. The van der Waals surface area contributed by atoms with Gasteiger partial charge in [-0.2, -0.15) is 0 Å². The Morgan fingerprint density at radius 1 is 0.319 bits per heavy atom. The highest BCUT2D eigenvalue weighted by Crippen LogP contribution is 2.38. The van der Waals surface area contributed by atoms with Gasteiger partial charge in [0, 0.05) is 28.0 Å². The summed E-state index contributed by atoms with van der Waals surface area (Å²) in [6, 6.07) is 68.6. The first-order valence-corrected chi connectivity index (χ1v) is 16.0. The average molecular weight is 601 g/mol. The SMILES string of the molecule is c1ccc(-c2ccc(-c3cc(-c4ccc(N(c5ccccc5)c5ccc(-c6ccccc6)cc5)cc4)nc4ccccc34)cc2)cc1. The van der Waals surface area contributed by atoms with E-state index in [9.17, 15) is 0 Å². The topological polar surface area (TPSA) is 16.1 Å². The summed E-state index contributed by atoms with van der Waals surface area (Å²) in [5.41, 5.74) is 13.5. The molecule has 0 aliphatic rings. The third-order valence-electron chi connectivity index (χ3n) is 8.69. The zero-order valence-electron chi connectivity index (χ0n) is 25.9. The normalized spacial score (nSPS) is 11.0. The lowest BCUT2D eigenvalue weighted by Gasteiger charge is -2.26. The maximum atomic E-state index is 5.11. The van der Waals surface area contributed by atoms with Crippen molar-refractivity contribution >= 4 is 28.0 Å². The summed E-state index contributed by atoms with van der Waals surface area (Å²) in [5, 5.41) is 1.15. The molecule has 1 heterocycles. The van der Waals surface area contributed by atoms with Crippen LogP contribution in [0.4, 0.5) is 17.1 Å². The van der Waals surface area contributed by atoms with E-state index in [0.29, 0.717) is 0 Å².